The largest absolute Gasteiger partial charge is 0.332 e. The van der Waals surface area contributed by atoms with Crippen molar-refractivity contribution in [3.63, 3.8) is 0 Å². The van der Waals surface area contributed by atoms with Crippen molar-refractivity contribution in [1.82, 2.24) is 4.90 Å². The van der Waals surface area contributed by atoms with Gasteiger partial charge in [0.2, 0.25) is 0 Å². The normalized spacial score (nSPS) is 14.5. The van der Waals surface area contributed by atoms with Crippen LogP contribution in [0.2, 0.25) is 0 Å². The van der Waals surface area contributed by atoms with Gasteiger partial charge in [-0.15, -0.1) is 6.58 Å². The van der Waals surface area contributed by atoms with Crippen LogP contribution >= 0.6 is 15.9 Å². The predicted octanol–water partition coefficient (Wildman–Crippen LogP) is 3.38. The van der Waals surface area contributed by atoms with Gasteiger partial charge < -0.3 is 4.90 Å². The Bertz CT molecular complexity index is 457. The van der Waals surface area contributed by atoms with E-state index in [1.807, 2.05) is 0 Å². The van der Waals surface area contributed by atoms with Gasteiger partial charge in [-0.3, -0.25) is 4.79 Å². The molecule has 0 heterocycles. The fourth-order valence-electron chi connectivity index (χ4n) is 1.72. The molecule has 1 saturated carbocycles. The fourth-order valence-corrected chi connectivity index (χ4v) is 2.10. The molecule has 1 fully saturated rings. The van der Waals surface area contributed by atoms with E-state index in [0.29, 0.717) is 22.6 Å². The van der Waals surface area contributed by atoms with Gasteiger partial charge >= 0.3 is 0 Å². The lowest BCUT2D eigenvalue weighted by atomic mass is 10.2. The lowest BCUT2D eigenvalue weighted by molar-refractivity contribution is 0.0762. The Morgan fingerprint density at radius 2 is 2.29 bits per heavy atom. The fraction of sp³-hybridized carbons (Fsp3) is 0.308. The van der Waals surface area contributed by atoms with Crippen molar-refractivity contribution in [3.8, 4) is 0 Å². The molecule has 17 heavy (non-hydrogen) atoms. The molecule has 0 aromatic heterocycles. The molecule has 1 amide bonds. The summed E-state index contributed by atoms with van der Waals surface area (Å²) in [5, 5.41) is 0. The maximum absolute atomic E-state index is 13.1. The van der Waals surface area contributed by atoms with Crippen LogP contribution in [0.4, 0.5) is 4.39 Å². The summed E-state index contributed by atoms with van der Waals surface area (Å²) in [5.41, 5.74) is 0.507. The highest BCUT2D eigenvalue weighted by molar-refractivity contribution is 9.10. The molecule has 2 rings (SSSR count). The van der Waals surface area contributed by atoms with Crippen LogP contribution in [0.3, 0.4) is 0 Å². The standard InChI is InChI=1S/C13H13BrFNO/c1-2-7-16(10-4-5-10)13(17)9-3-6-12(15)11(14)8-9/h2-3,6,8,10H,1,4-5,7H2. The van der Waals surface area contributed by atoms with Gasteiger partial charge in [-0.2, -0.15) is 0 Å². The third-order valence-electron chi connectivity index (χ3n) is 2.74. The first-order valence-electron chi connectivity index (χ1n) is 5.50. The smallest absolute Gasteiger partial charge is 0.254 e. The molecule has 0 bridgehead atoms. The second-order valence-corrected chi connectivity index (χ2v) is 4.96. The third-order valence-corrected chi connectivity index (χ3v) is 3.35. The molecule has 0 aliphatic heterocycles. The van der Waals surface area contributed by atoms with Gasteiger partial charge in [0.1, 0.15) is 5.82 Å². The molecule has 0 radical (unpaired) electrons. The molecule has 90 valence electrons. The highest BCUT2D eigenvalue weighted by Gasteiger charge is 2.32. The Labute approximate surface area is 108 Å². The molecule has 0 atom stereocenters. The number of rotatable bonds is 4. The molecule has 0 spiro atoms. The van der Waals surface area contributed by atoms with E-state index in [-0.39, 0.29) is 11.7 Å². The highest BCUT2D eigenvalue weighted by atomic mass is 79.9. The van der Waals surface area contributed by atoms with E-state index in [1.54, 1.807) is 11.0 Å². The van der Waals surface area contributed by atoms with Gasteiger partial charge in [0, 0.05) is 18.2 Å². The molecule has 1 aromatic rings. The van der Waals surface area contributed by atoms with Crippen LogP contribution in [-0.4, -0.2) is 23.4 Å². The summed E-state index contributed by atoms with van der Waals surface area (Å²) in [6.07, 6.45) is 3.80. The molecular formula is C13H13BrFNO. The summed E-state index contributed by atoms with van der Waals surface area (Å²) < 4.78 is 13.4. The molecule has 0 unspecified atom stereocenters. The summed E-state index contributed by atoms with van der Waals surface area (Å²) in [6.45, 7) is 4.20. The van der Waals surface area contributed by atoms with Crippen LogP contribution in [0.25, 0.3) is 0 Å². The first-order valence-corrected chi connectivity index (χ1v) is 6.29. The van der Waals surface area contributed by atoms with Gasteiger partial charge in [0.05, 0.1) is 4.47 Å². The molecule has 0 saturated heterocycles. The lowest BCUT2D eigenvalue weighted by Crippen LogP contribution is -2.33. The van der Waals surface area contributed by atoms with Crippen molar-refractivity contribution in [1.29, 1.82) is 0 Å². The van der Waals surface area contributed by atoms with Crippen molar-refractivity contribution < 1.29 is 9.18 Å². The zero-order valence-corrected chi connectivity index (χ0v) is 10.9. The zero-order chi connectivity index (χ0) is 12.4. The van der Waals surface area contributed by atoms with Gasteiger partial charge in [0.25, 0.3) is 5.91 Å². The van der Waals surface area contributed by atoms with Crippen LogP contribution in [0.5, 0.6) is 0 Å². The van der Waals surface area contributed by atoms with Crippen LogP contribution < -0.4 is 0 Å². The molecule has 4 heteroatoms. The molecule has 1 aromatic carbocycles. The van der Waals surface area contributed by atoms with E-state index in [4.69, 9.17) is 0 Å². The average molecular weight is 298 g/mol. The minimum atomic E-state index is -0.358. The Morgan fingerprint density at radius 3 is 2.82 bits per heavy atom. The van der Waals surface area contributed by atoms with E-state index < -0.39 is 0 Å². The number of hydrogen-bond donors (Lipinski definition) is 0. The van der Waals surface area contributed by atoms with Crippen LogP contribution in [0.1, 0.15) is 23.2 Å². The topological polar surface area (TPSA) is 20.3 Å². The van der Waals surface area contributed by atoms with Crippen molar-refractivity contribution in [2.75, 3.05) is 6.54 Å². The molecule has 0 N–H and O–H groups in total. The van der Waals surface area contributed by atoms with Gasteiger partial charge in [0.15, 0.2) is 0 Å². The number of amides is 1. The third kappa shape index (κ3) is 2.75. The Kier molecular flexibility index (Phi) is 3.62. The number of carbonyl (C=O) groups is 1. The van der Waals surface area contributed by atoms with Crippen LogP contribution in [-0.2, 0) is 0 Å². The van der Waals surface area contributed by atoms with Crippen molar-refractivity contribution in [2.45, 2.75) is 18.9 Å². The van der Waals surface area contributed by atoms with E-state index in [9.17, 15) is 9.18 Å². The predicted molar refractivity (Wildman–Crippen MR) is 68.4 cm³/mol. The van der Waals surface area contributed by atoms with Gasteiger partial charge in [-0.1, -0.05) is 6.08 Å². The molecule has 2 nitrogen and oxygen atoms in total. The SMILES string of the molecule is C=CCN(C(=O)c1ccc(F)c(Br)c1)C1CC1. The first-order chi connectivity index (χ1) is 8.13. The van der Waals surface area contributed by atoms with E-state index >= 15 is 0 Å². The van der Waals surface area contributed by atoms with Crippen molar-refractivity contribution >= 4 is 21.8 Å². The van der Waals surface area contributed by atoms with Gasteiger partial charge in [-0.25, -0.2) is 4.39 Å². The molecule has 1 aliphatic carbocycles. The second-order valence-electron chi connectivity index (χ2n) is 4.11. The minimum Gasteiger partial charge on any atom is -0.332 e. The highest BCUT2D eigenvalue weighted by Crippen LogP contribution is 2.28. The van der Waals surface area contributed by atoms with Crippen LogP contribution in [0.15, 0.2) is 35.3 Å². The summed E-state index contributed by atoms with van der Waals surface area (Å²) >= 11 is 3.09. The maximum atomic E-state index is 13.1. The number of nitrogens with zero attached hydrogens (tertiary/aromatic N) is 1. The number of hydrogen-bond acceptors (Lipinski definition) is 1. The van der Waals surface area contributed by atoms with Crippen molar-refractivity contribution in [3.05, 3.63) is 46.7 Å². The summed E-state index contributed by atoms with van der Waals surface area (Å²) in [4.78, 5) is 14.0. The summed E-state index contributed by atoms with van der Waals surface area (Å²) in [5.74, 6) is -0.420. The Balaban J connectivity index is 2.21. The number of halogens is 2. The quantitative estimate of drug-likeness (QED) is 0.780. The summed E-state index contributed by atoms with van der Waals surface area (Å²) in [6, 6.07) is 4.66. The number of carbonyl (C=O) groups excluding carboxylic acids is 1. The Morgan fingerprint density at radius 1 is 1.59 bits per heavy atom. The van der Waals surface area contributed by atoms with E-state index in [0.717, 1.165) is 12.8 Å². The minimum absolute atomic E-state index is 0.0619. The maximum Gasteiger partial charge on any atom is 0.254 e. The average Bonchev–Trinajstić information content (AvgIpc) is 3.13. The lowest BCUT2D eigenvalue weighted by Gasteiger charge is -2.20. The second kappa shape index (κ2) is 5.00. The molecular weight excluding hydrogens is 285 g/mol. The number of benzene rings is 1. The Hall–Kier alpha value is -1.16. The van der Waals surface area contributed by atoms with E-state index in [2.05, 4.69) is 22.5 Å². The van der Waals surface area contributed by atoms with Crippen LogP contribution in [0, 0.1) is 5.82 Å². The summed E-state index contributed by atoms with van der Waals surface area (Å²) in [7, 11) is 0. The zero-order valence-electron chi connectivity index (χ0n) is 9.33. The molecule has 1 aliphatic rings. The van der Waals surface area contributed by atoms with Crippen molar-refractivity contribution in [2.24, 2.45) is 0 Å². The monoisotopic (exact) mass is 297 g/mol. The first kappa shape index (κ1) is 12.3. The van der Waals surface area contributed by atoms with E-state index in [1.165, 1.54) is 18.2 Å². The van der Waals surface area contributed by atoms with Gasteiger partial charge in [-0.05, 0) is 47.0 Å².